The molecule has 0 aromatic heterocycles. The normalized spacial score (nSPS) is 18.9. The van der Waals surface area contributed by atoms with E-state index in [9.17, 15) is 18.0 Å². The molecule has 2 N–H and O–H groups in total. The highest BCUT2D eigenvalue weighted by Crippen LogP contribution is 2.28. The van der Waals surface area contributed by atoms with Crippen LogP contribution >= 0.6 is 11.8 Å². The maximum Gasteiger partial charge on any atom is 0.304 e. The SMILES string of the molecule is CC(C)c1ccc(OCc2ccc(/C=C3/SC(=Nc4ccc(CN5CC(=O)NS5(=O)=O)cc4)NC3=O)cc2)cc1. The van der Waals surface area contributed by atoms with Crippen LogP contribution < -0.4 is 14.8 Å². The van der Waals surface area contributed by atoms with Crippen LogP contribution in [-0.2, 0) is 33.0 Å². The van der Waals surface area contributed by atoms with Gasteiger partial charge in [-0.1, -0.05) is 62.4 Å². The van der Waals surface area contributed by atoms with Gasteiger partial charge in [0.2, 0.25) is 5.91 Å². The molecular weight excluding hydrogens is 548 g/mol. The second-order valence-corrected chi connectivity index (χ2v) is 12.4. The van der Waals surface area contributed by atoms with Gasteiger partial charge in [-0.2, -0.15) is 12.7 Å². The number of carbonyl (C=O) groups excluding carboxylic acids is 2. The van der Waals surface area contributed by atoms with E-state index in [1.807, 2.05) is 47.2 Å². The molecule has 2 fully saturated rings. The number of hydrogen-bond donors (Lipinski definition) is 2. The van der Waals surface area contributed by atoms with Crippen LogP contribution in [-0.4, -0.2) is 36.2 Å². The molecule has 2 saturated heterocycles. The number of rotatable bonds is 8. The van der Waals surface area contributed by atoms with Crippen molar-refractivity contribution in [1.82, 2.24) is 14.3 Å². The van der Waals surface area contributed by atoms with Gasteiger partial charge in [-0.05, 0) is 70.3 Å². The lowest BCUT2D eigenvalue weighted by molar-refractivity contribution is -0.118. The number of amides is 2. The topological polar surface area (TPSA) is 117 Å². The van der Waals surface area contributed by atoms with Gasteiger partial charge in [-0.15, -0.1) is 0 Å². The number of aliphatic imine (C=N–C) groups is 1. The monoisotopic (exact) mass is 576 g/mol. The number of carbonyl (C=O) groups is 2. The van der Waals surface area contributed by atoms with Crippen LogP contribution in [0.1, 0.15) is 42.0 Å². The number of ether oxygens (including phenoxy) is 1. The quantitative estimate of drug-likeness (QED) is 0.383. The summed E-state index contributed by atoms with van der Waals surface area (Å²) in [5.74, 6) is 0.527. The molecule has 0 atom stereocenters. The van der Waals surface area contributed by atoms with Crippen molar-refractivity contribution >= 4 is 50.7 Å². The van der Waals surface area contributed by atoms with Gasteiger partial charge < -0.3 is 10.1 Å². The molecule has 206 valence electrons. The average molecular weight is 577 g/mol. The highest BCUT2D eigenvalue weighted by molar-refractivity contribution is 8.18. The Hall–Kier alpha value is -3.93. The fourth-order valence-electron chi connectivity index (χ4n) is 4.08. The zero-order valence-electron chi connectivity index (χ0n) is 22.0. The molecule has 0 aliphatic carbocycles. The van der Waals surface area contributed by atoms with Crippen LogP contribution in [0.5, 0.6) is 5.75 Å². The molecule has 40 heavy (non-hydrogen) atoms. The fraction of sp³-hybridized carbons (Fsp3) is 0.207. The first-order valence-electron chi connectivity index (χ1n) is 12.7. The van der Waals surface area contributed by atoms with Crippen molar-refractivity contribution in [1.29, 1.82) is 0 Å². The van der Waals surface area contributed by atoms with Crippen LogP contribution in [0.4, 0.5) is 5.69 Å². The molecule has 2 aliphatic heterocycles. The molecule has 2 amide bonds. The molecule has 3 aromatic rings. The van der Waals surface area contributed by atoms with Gasteiger partial charge in [0, 0.05) is 6.54 Å². The van der Waals surface area contributed by atoms with Crippen molar-refractivity contribution in [2.24, 2.45) is 4.99 Å². The summed E-state index contributed by atoms with van der Waals surface area (Å²) in [6.07, 6.45) is 1.81. The largest absolute Gasteiger partial charge is 0.489 e. The zero-order chi connectivity index (χ0) is 28.3. The zero-order valence-corrected chi connectivity index (χ0v) is 23.6. The smallest absolute Gasteiger partial charge is 0.304 e. The Morgan fingerprint density at radius 3 is 2.27 bits per heavy atom. The predicted octanol–water partition coefficient (Wildman–Crippen LogP) is 4.46. The maximum atomic E-state index is 12.5. The van der Waals surface area contributed by atoms with Crippen molar-refractivity contribution in [3.63, 3.8) is 0 Å². The number of nitrogens with zero attached hydrogens (tertiary/aromatic N) is 2. The summed E-state index contributed by atoms with van der Waals surface area (Å²) in [6, 6.07) is 22.9. The molecule has 5 rings (SSSR count). The van der Waals surface area contributed by atoms with Crippen molar-refractivity contribution in [2.75, 3.05) is 6.54 Å². The van der Waals surface area contributed by atoms with Gasteiger partial charge in [-0.3, -0.25) is 9.59 Å². The summed E-state index contributed by atoms with van der Waals surface area (Å²) >= 11 is 1.25. The fourth-order valence-corrected chi connectivity index (χ4v) is 6.01. The molecule has 0 saturated carbocycles. The summed E-state index contributed by atoms with van der Waals surface area (Å²) in [4.78, 5) is 28.9. The van der Waals surface area contributed by atoms with E-state index in [1.54, 1.807) is 24.3 Å². The molecule has 3 aromatic carbocycles. The van der Waals surface area contributed by atoms with Crippen LogP contribution in [0.15, 0.2) is 82.7 Å². The van der Waals surface area contributed by atoms with Crippen LogP contribution in [0.3, 0.4) is 0 Å². The lowest BCUT2D eigenvalue weighted by atomic mass is 10.0. The van der Waals surface area contributed by atoms with Crippen molar-refractivity contribution in [3.05, 3.63) is 100.0 Å². The second kappa shape index (κ2) is 11.7. The summed E-state index contributed by atoms with van der Waals surface area (Å²) in [7, 11) is -3.78. The Bertz CT molecular complexity index is 1580. The van der Waals surface area contributed by atoms with Crippen LogP contribution in [0.25, 0.3) is 6.08 Å². The number of amidine groups is 1. The van der Waals surface area contributed by atoms with Gasteiger partial charge in [-0.25, -0.2) is 9.71 Å². The molecule has 2 aliphatic rings. The number of hydrogen-bond acceptors (Lipinski definition) is 7. The molecule has 0 radical (unpaired) electrons. The molecule has 11 heteroatoms. The highest BCUT2D eigenvalue weighted by Gasteiger charge is 2.33. The first kappa shape index (κ1) is 27.6. The standard InChI is InChI=1S/C29H28N4O5S2/c1-19(2)23-9-13-25(14-10-23)38-18-22-5-3-20(4-6-22)15-26-28(35)31-29(39-26)30-24-11-7-21(8-12-24)16-33-17-27(34)32-40(33,36)37/h3-15,19H,16-18H2,1-2H3,(H,32,34)(H,30,31,35)/b26-15+. The predicted molar refractivity (Wildman–Crippen MR) is 156 cm³/mol. The third-order valence-electron chi connectivity index (χ3n) is 6.31. The molecule has 0 bridgehead atoms. The number of thioether (sulfide) groups is 1. The highest BCUT2D eigenvalue weighted by atomic mass is 32.2. The van der Waals surface area contributed by atoms with Crippen LogP contribution in [0.2, 0.25) is 0 Å². The molecular formula is C29H28N4O5S2. The number of nitrogens with one attached hydrogen (secondary N) is 2. The van der Waals surface area contributed by atoms with E-state index in [0.717, 1.165) is 21.2 Å². The Labute approximate surface area is 237 Å². The summed E-state index contributed by atoms with van der Waals surface area (Å²) in [5, 5.41) is 3.23. The lowest BCUT2D eigenvalue weighted by Crippen LogP contribution is -2.29. The minimum Gasteiger partial charge on any atom is -0.489 e. The maximum absolute atomic E-state index is 12.5. The Morgan fingerprint density at radius 1 is 0.975 bits per heavy atom. The van der Waals surface area contributed by atoms with E-state index in [0.29, 0.717) is 33.8 Å². The Morgan fingerprint density at radius 2 is 1.65 bits per heavy atom. The summed E-state index contributed by atoms with van der Waals surface area (Å²) in [6.45, 7) is 4.64. The minimum atomic E-state index is -3.78. The molecule has 9 nitrogen and oxygen atoms in total. The molecule has 2 heterocycles. The van der Waals surface area contributed by atoms with E-state index in [4.69, 9.17) is 4.74 Å². The van der Waals surface area contributed by atoms with E-state index >= 15 is 0 Å². The van der Waals surface area contributed by atoms with Gasteiger partial charge in [0.1, 0.15) is 12.4 Å². The third-order valence-corrected chi connectivity index (χ3v) is 8.64. The van der Waals surface area contributed by atoms with E-state index in [2.05, 4.69) is 36.3 Å². The Balaban J connectivity index is 1.17. The van der Waals surface area contributed by atoms with Crippen molar-refractivity contribution in [3.8, 4) is 5.75 Å². The third kappa shape index (κ3) is 6.79. The Kier molecular flexibility index (Phi) is 8.06. The summed E-state index contributed by atoms with van der Waals surface area (Å²) < 4.78 is 32.7. The number of benzene rings is 3. The average Bonchev–Trinajstić information content (AvgIpc) is 3.40. The lowest BCUT2D eigenvalue weighted by Gasteiger charge is -2.12. The van der Waals surface area contributed by atoms with Crippen LogP contribution in [0, 0.1) is 0 Å². The first-order valence-corrected chi connectivity index (χ1v) is 14.9. The van der Waals surface area contributed by atoms with Crippen molar-refractivity contribution in [2.45, 2.75) is 32.9 Å². The van der Waals surface area contributed by atoms with Crippen molar-refractivity contribution < 1.29 is 22.7 Å². The van der Waals surface area contributed by atoms with Gasteiger partial charge >= 0.3 is 10.2 Å². The van der Waals surface area contributed by atoms with Gasteiger partial charge in [0.15, 0.2) is 5.17 Å². The second-order valence-electron chi connectivity index (χ2n) is 9.70. The molecule has 0 spiro atoms. The first-order chi connectivity index (χ1) is 19.1. The molecule has 0 unspecified atom stereocenters. The summed E-state index contributed by atoms with van der Waals surface area (Å²) in [5.41, 5.74) is 4.50. The minimum absolute atomic E-state index is 0.0760. The van der Waals surface area contributed by atoms with Gasteiger partial charge in [0.25, 0.3) is 5.91 Å². The van der Waals surface area contributed by atoms with E-state index < -0.39 is 16.1 Å². The van der Waals surface area contributed by atoms with E-state index in [1.165, 1.54) is 17.3 Å². The van der Waals surface area contributed by atoms with Gasteiger partial charge in [0.05, 0.1) is 17.1 Å². The van der Waals surface area contributed by atoms with E-state index in [-0.39, 0.29) is 19.0 Å².